The second kappa shape index (κ2) is 10.2. The van der Waals surface area contributed by atoms with Crippen molar-refractivity contribution >= 4 is 11.6 Å². The number of rotatable bonds is 10. The van der Waals surface area contributed by atoms with Crippen molar-refractivity contribution in [2.24, 2.45) is 5.92 Å². The number of carbonyl (C=O) groups is 1. The first-order valence-corrected chi connectivity index (χ1v) is 9.92. The Morgan fingerprint density at radius 2 is 1.82 bits per heavy atom. The number of Topliss-reactive ketones (excluding diaryl/α,β-unsaturated/α-hetero) is 1. The minimum atomic E-state index is 0.124. The maximum atomic E-state index is 12.5. The number of aromatic nitrogens is 3. The van der Waals surface area contributed by atoms with Crippen molar-refractivity contribution in [1.82, 2.24) is 15.0 Å². The number of nitrogen functional groups attached to an aromatic ring is 1. The van der Waals surface area contributed by atoms with Gasteiger partial charge in [0.15, 0.2) is 0 Å². The smallest absolute Gasteiger partial charge is 0.316 e. The summed E-state index contributed by atoms with van der Waals surface area (Å²) in [6, 6.07) is 2.42. The van der Waals surface area contributed by atoms with Gasteiger partial charge in [-0.1, -0.05) is 19.9 Å². The van der Waals surface area contributed by atoms with Crippen LogP contribution >= 0.6 is 0 Å². The van der Waals surface area contributed by atoms with E-state index in [2.05, 4.69) is 41.8 Å². The van der Waals surface area contributed by atoms with E-state index in [4.69, 9.17) is 10.5 Å². The highest BCUT2D eigenvalue weighted by Crippen LogP contribution is 2.28. The monoisotopic (exact) mass is 384 g/mol. The van der Waals surface area contributed by atoms with Crippen molar-refractivity contribution in [2.45, 2.75) is 65.7 Å². The molecular weight excluding hydrogens is 352 g/mol. The summed E-state index contributed by atoms with van der Waals surface area (Å²) >= 11 is 0. The summed E-state index contributed by atoms with van der Waals surface area (Å²) in [4.78, 5) is 25.4. The summed E-state index contributed by atoms with van der Waals surface area (Å²) < 4.78 is 5.01. The van der Waals surface area contributed by atoms with Crippen LogP contribution in [-0.2, 0) is 11.2 Å². The lowest BCUT2D eigenvalue weighted by molar-refractivity contribution is -0.119. The first kappa shape index (κ1) is 21.8. The topological polar surface area (TPSA) is 91.0 Å². The Labute approximate surface area is 168 Å². The van der Waals surface area contributed by atoms with Crippen LogP contribution in [0.4, 0.5) is 5.82 Å². The number of methoxy groups -OCH3 is 1. The minimum Gasteiger partial charge on any atom is -0.467 e. The van der Waals surface area contributed by atoms with E-state index in [1.165, 1.54) is 0 Å². The molecule has 2 aromatic heterocycles. The minimum absolute atomic E-state index is 0.124. The highest BCUT2D eigenvalue weighted by molar-refractivity contribution is 5.79. The molecule has 0 bridgehead atoms. The normalized spacial score (nSPS) is 12.2. The summed E-state index contributed by atoms with van der Waals surface area (Å²) in [7, 11) is 1.54. The Hall–Kier alpha value is -2.50. The van der Waals surface area contributed by atoms with E-state index in [1.54, 1.807) is 19.5 Å². The van der Waals surface area contributed by atoms with Crippen molar-refractivity contribution < 1.29 is 9.53 Å². The van der Waals surface area contributed by atoms with Crippen molar-refractivity contribution in [3.8, 4) is 6.01 Å². The maximum Gasteiger partial charge on any atom is 0.316 e. The van der Waals surface area contributed by atoms with Crippen LogP contribution in [0.5, 0.6) is 6.01 Å². The van der Waals surface area contributed by atoms with Gasteiger partial charge in [-0.2, -0.15) is 0 Å². The number of ether oxygens (including phenoxy) is 1. The summed E-state index contributed by atoms with van der Waals surface area (Å²) in [5, 5.41) is 0. The third-order valence-corrected chi connectivity index (χ3v) is 5.18. The van der Waals surface area contributed by atoms with E-state index in [9.17, 15) is 4.79 Å². The van der Waals surface area contributed by atoms with Gasteiger partial charge in [0.1, 0.15) is 11.6 Å². The molecule has 1 atom stereocenters. The van der Waals surface area contributed by atoms with Crippen molar-refractivity contribution in [3.63, 3.8) is 0 Å². The van der Waals surface area contributed by atoms with E-state index in [0.717, 1.165) is 41.6 Å². The number of hydrogen-bond donors (Lipinski definition) is 1. The predicted octanol–water partition coefficient (Wildman–Crippen LogP) is 4.19. The van der Waals surface area contributed by atoms with Crippen LogP contribution in [0.15, 0.2) is 18.5 Å². The molecule has 0 aliphatic heterocycles. The van der Waals surface area contributed by atoms with Gasteiger partial charge < -0.3 is 10.5 Å². The number of carbonyl (C=O) groups excluding carboxylic acids is 1. The summed E-state index contributed by atoms with van der Waals surface area (Å²) in [6.07, 6.45) is 7.27. The maximum absolute atomic E-state index is 12.5. The molecule has 28 heavy (non-hydrogen) atoms. The zero-order chi connectivity index (χ0) is 20.7. The summed E-state index contributed by atoms with van der Waals surface area (Å²) in [6.45, 7) is 8.28. The van der Waals surface area contributed by atoms with Crippen LogP contribution < -0.4 is 10.5 Å². The van der Waals surface area contributed by atoms with Gasteiger partial charge >= 0.3 is 6.01 Å². The summed E-state index contributed by atoms with van der Waals surface area (Å²) in [5.74, 6) is 1.34. The van der Waals surface area contributed by atoms with Crippen LogP contribution in [0.25, 0.3) is 0 Å². The summed E-state index contributed by atoms with van der Waals surface area (Å²) in [5.41, 5.74) is 10.1. The van der Waals surface area contributed by atoms with Gasteiger partial charge in [-0.3, -0.25) is 4.79 Å². The molecule has 152 valence electrons. The van der Waals surface area contributed by atoms with Gasteiger partial charge in [-0.05, 0) is 61.6 Å². The van der Waals surface area contributed by atoms with E-state index < -0.39 is 0 Å². The zero-order valence-electron chi connectivity index (χ0n) is 17.7. The number of nitrogens with two attached hydrogens (primary N) is 1. The highest BCUT2D eigenvalue weighted by Gasteiger charge is 2.20. The van der Waals surface area contributed by atoms with Gasteiger partial charge in [-0.25, -0.2) is 15.0 Å². The van der Waals surface area contributed by atoms with Crippen molar-refractivity contribution in [3.05, 3.63) is 40.8 Å². The Bertz CT molecular complexity index is 788. The third kappa shape index (κ3) is 6.01. The fourth-order valence-electron chi connectivity index (χ4n) is 3.38. The molecule has 2 N–H and O–H groups in total. The average Bonchev–Trinajstić information content (AvgIpc) is 2.67. The first-order chi connectivity index (χ1) is 13.3. The number of aryl methyl sites for hydroxylation is 3. The number of ketones is 1. The van der Waals surface area contributed by atoms with Gasteiger partial charge in [0.05, 0.1) is 7.11 Å². The van der Waals surface area contributed by atoms with E-state index in [-0.39, 0.29) is 11.7 Å². The van der Waals surface area contributed by atoms with Gasteiger partial charge in [-0.15, -0.1) is 0 Å². The highest BCUT2D eigenvalue weighted by atomic mass is 16.5. The molecule has 0 amide bonds. The lowest BCUT2D eigenvalue weighted by Gasteiger charge is -2.20. The largest absolute Gasteiger partial charge is 0.467 e. The van der Waals surface area contributed by atoms with Gasteiger partial charge in [0.25, 0.3) is 0 Å². The van der Waals surface area contributed by atoms with Crippen LogP contribution in [0, 0.1) is 19.8 Å². The molecule has 1 unspecified atom stereocenters. The molecular formula is C22H32N4O2. The standard InChI is InChI=1S/C22H32N4O2/c1-14(2)19(17-12-24-22(28-5)25-13-17)11-18(27)8-6-7-9-20-15(3)10-16(4)21(23)26-20/h10,12-14,19H,6-9,11H2,1-5H3,(H2,23,26). The number of pyridine rings is 1. The Morgan fingerprint density at radius 3 is 2.43 bits per heavy atom. The van der Waals surface area contributed by atoms with Crippen LogP contribution in [0.2, 0.25) is 0 Å². The molecule has 0 fully saturated rings. The van der Waals surface area contributed by atoms with Crippen molar-refractivity contribution in [1.29, 1.82) is 0 Å². The van der Waals surface area contributed by atoms with Crippen LogP contribution in [0.3, 0.4) is 0 Å². The van der Waals surface area contributed by atoms with E-state index >= 15 is 0 Å². The molecule has 6 heteroatoms. The number of nitrogens with zero attached hydrogens (tertiary/aromatic N) is 3. The molecule has 2 heterocycles. The second-order valence-electron chi connectivity index (χ2n) is 7.76. The van der Waals surface area contributed by atoms with E-state index in [1.807, 2.05) is 6.92 Å². The number of hydrogen-bond acceptors (Lipinski definition) is 6. The fraction of sp³-hybridized carbons (Fsp3) is 0.545. The first-order valence-electron chi connectivity index (χ1n) is 9.92. The van der Waals surface area contributed by atoms with E-state index in [0.29, 0.717) is 30.6 Å². The fourth-order valence-corrected chi connectivity index (χ4v) is 3.38. The van der Waals surface area contributed by atoms with Gasteiger partial charge in [0, 0.05) is 30.9 Å². The molecule has 0 spiro atoms. The van der Waals surface area contributed by atoms with Gasteiger partial charge in [0.2, 0.25) is 0 Å². The molecule has 0 aromatic carbocycles. The Kier molecular flexibility index (Phi) is 7.91. The molecule has 2 aromatic rings. The molecule has 0 aliphatic carbocycles. The Morgan fingerprint density at radius 1 is 1.14 bits per heavy atom. The number of anilines is 1. The number of unbranched alkanes of at least 4 members (excludes halogenated alkanes) is 1. The Balaban J connectivity index is 1.85. The average molecular weight is 385 g/mol. The molecule has 0 radical (unpaired) electrons. The van der Waals surface area contributed by atoms with Crippen LogP contribution in [-0.4, -0.2) is 27.8 Å². The lowest BCUT2D eigenvalue weighted by atomic mass is 9.85. The third-order valence-electron chi connectivity index (χ3n) is 5.18. The molecule has 6 nitrogen and oxygen atoms in total. The zero-order valence-corrected chi connectivity index (χ0v) is 17.7. The molecule has 0 saturated heterocycles. The van der Waals surface area contributed by atoms with Crippen LogP contribution in [0.1, 0.15) is 67.8 Å². The molecule has 2 rings (SSSR count). The molecule has 0 aliphatic rings. The quantitative estimate of drug-likeness (QED) is 0.618. The lowest BCUT2D eigenvalue weighted by Crippen LogP contribution is -2.13. The van der Waals surface area contributed by atoms with Crippen molar-refractivity contribution in [2.75, 3.05) is 12.8 Å². The molecule has 0 saturated carbocycles. The second-order valence-corrected chi connectivity index (χ2v) is 7.76. The predicted molar refractivity (Wildman–Crippen MR) is 111 cm³/mol. The SMILES string of the molecule is COc1ncc(C(CC(=O)CCCCc2nc(N)c(C)cc2C)C(C)C)cn1.